The summed E-state index contributed by atoms with van der Waals surface area (Å²) in [5, 5.41) is 16.3. The van der Waals surface area contributed by atoms with Crippen LogP contribution in [0.15, 0.2) is 12.4 Å². The summed E-state index contributed by atoms with van der Waals surface area (Å²) in [5.74, 6) is -0.646. The van der Waals surface area contributed by atoms with Crippen LogP contribution in [-0.2, 0) is 4.79 Å². The third kappa shape index (κ3) is 1.78. The Hall–Kier alpha value is -1.72. The summed E-state index contributed by atoms with van der Waals surface area (Å²) in [6.45, 7) is 3.15. The van der Waals surface area contributed by atoms with Crippen molar-refractivity contribution >= 4 is 11.9 Å². The molecule has 0 saturated carbocycles. The van der Waals surface area contributed by atoms with Gasteiger partial charge in [0.2, 0.25) is 5.95 Å². The molecule has 14 heavy (non-hydrogen) atoms. The molecular weight excluding hydrogens is 184 g/mol. The van der Waals surface area contributed by atoms with E-state index in [1.165, 1.54) is 17.3 Å². The number of likely N-dealkylation sites (N-methyl/N-ethyl adjacent to an activating group) is 1. The van der Waals surface area contributed by atoms with E-state index in [1.54, 1.807) is 20.9 Å². The number of anilines is 1. The van der Waals surface area contributed by atoms with E-state index in [2.05, 4.69) is 15.2 Å². The van der Waals surface area contributed by atoms with Crippen molar-refractivity contribution in [2.45, 2.75) is 19.4 Å². The lowest BCUT2D eigenvalue weighted by Gasteiger charge is -2.30. The molecule has 1 aromatic heterocycles. The minimum Gasteiger partial charge on any atom is -0.480 e. The number of hydrogen-bond donors (Lipinski definition) is 1. The first-order valence-corrected chi connectivity index (χ1v) is 4.07. The van der Waals surface area contributed by atoms with Crippen molar-refractivity contribution in [3.05, 3.63) is 12.4 Å². The van der Waals surface area contributed by atoms with E-state index < -0.39 is 11.5 Å². The van der Waals surface area contributed by atoms with E-state index in [4.69, 9.17) is 5.11 Å². The Labute approximate surface area is 81.6 Å². The van der Waals surface area contributed by atoms with Crippen LogP contribution in [0.3, 0.4) is 0 Å². The highest BCUT2D eigenvalue weighted by atomic mass is 16.4. The van der Waals surface area contributed by atoms with Crippen molar-refractivity contribution in [1.82, 2.24) is 15.2 Å². The first-order valence-electron chi connectivity index (χ1n) is 4.07. The molecular formula is C8H12N4O2. The van der Waals surface area contributed by atoms with Gasteiger partial charge in [-0.05, 0) is 13.8 Å². The van der Waals surface area contributed by atoms with Crippen molar-refractivity contribution in [1.29, 1.82) is 0 Å². The second-order valence-electron chi connectivity index (χ2n) is 3.37. The van der Waals surface area contributed by atoms with Crippen LogP contribution in [-0.4, -0.2) is 38.8 Å². The van der Waals surface area contributed by atoms with Crippen LogP contribution in [0.1, 0.15) is 13.8 Å². The summed E-state index contributed by atoms with van der Waals surface area (Å²) < 4.78 is 0. The summed E-state index contributed by atoms with van der Waals surface area (Å²) in [4.78, 5) is 16.3. The number of aliphatic carboxylic acids is 1. The maximum atomic E-state index is 10.9. The summed E-state index contributed by atoms with van der Waals surface area (Å²) in [6.07, 6.45) is 2.90. The fourth-order valence-corrected chi connectivity index (χ4v) is 0.788. The summed E-state index contributed by atoms with van der Waals surface area (Å²) in [7, 11) is 1.62. The predicted molar refractivity (Wildman–Crippen MR) is 49.9 cm³/mol. The normalized spacial score (nSPS) is 11.1. The highest BCUT2D eigenvalue weighted by Gasteiger charge is 2.33. The van der Waals surface area contributed by atoms with Crippen LogP contribution < -0.4 is 4.90 Å². The quantitative estimate of drug-likeness (QED) is 0.742. The first kappa shape index (κ1) is 10.4. The molecule has 1 aromatic rings. The Bertz CT molecular complexity index is 325. The van der Waals surface area contributed by atoms with Crippen molar-refractivity contribution in [3.8, 4) is 0 Å². The fourth-order valence-electron chi connectivity index (χ4n) is 0.788. The molecule has 0 radical (unpaired) electrons. The van der Waals surface area contributed by atoms with Crippen molar-refractivity contribution in [2.75, 3.05) is 11.9 Å². The molecule has 0 unspecified atom stereocenters. The maximum absolute atomic E-state index is 10.9. The maximum Gasteiger partial charge on any atom is 0.329 e. The molecule has 0 amide bonds. The molecule has 0 aliphatic heterocycles. The zero-order chi connectivity index (χ0) is 10.8. The zero-order valence-electron chi connectivity index (χ0n) is 8.30. The van der Waals surface area contributed by atoms with Crippen LogP contribution >= 0.6 is 0 Å². The van der Waals surface area contributed by atoms with E-state index in [0.29, 0.717) is 5.95 Å². The van der Waals surface area contributed by atoms with Gasteiger partial charge in [-0.3, -0.25) is 0 Å². The van der Waals surface area contributed by atoms with Gasteiger partial charge in [0.1, 0.15) is 5.54 Å². The summed E-state index contributed by atoms with van der Waals surface area (Å²) in [5.41, 5.74) is -1.05. The molecule has 0 fully saturated rings. The molecule has 0 aliphatic carbocycles. The lowest BCUT2D eigenvalue weighted by molar-refractivity contribution is -0.142. The van der Waals surface area contributed by atoms with Crippen molar-refractivity contribution in [2.24, 2.45) is 0 Å². The third-order valence-electron chi connectivity index (χ3n) is 2.13. The molecule has 6 heteroatoms. The highest BCUT2D eigenvalue weighted by Crippen LogP contribution is 2.16. The van der Waals surface area contributed by atoms with E-state index in [1.807, 2.05) is 0 Å². The van der Waals surface area contributed by atoms with Gasteiger partial charge in [0.25, 0.3) is 0 Å². The minimum absolute atomic E-state index is 0.292. The third-order valence-corrected chi connectivity index (χ3v) is 2.13. The van der Waals surface area contributed by atoms with Gasteiger partial charge in [-0.25, -0.2) is 9.78 Å². The van der Waals surface area contributed by atoms with E-state index in [-0.39, 0.29) is 0 Å². The number of rotatable bonds is 3. The molecule has 0 bridgehead atoms. The second kappa shape index (κ2) is 3.57. The van der Waals surface area contributed by atoms with Gasteiger partial charge in [-0.15, -0.1) is 5.10 Å². The molecule has 1 heterocycles. The molecule has 1 rings (SSSR count). The lowest BCUT2D eigenvalue weighted by atomic mass is 10.1. The Morgan fingerprint density at radius 1 is 1.50 bits per heavy atom. The molecule has 1 N–H and O–H groups in total. The fraction of sp³-hybridized carbons (Fsp3) is 0.500. The number of carboxylic acid groups (broad SMARTS) is 1. The molecule has 0 aromatic carbocycles. The van der Waals surface area contributed by atoms with Crippen molar-refractivity contribution in [3.63, 3.8) is 0 Å². The molecule has 0 saturated heterocycles. The van der Waals surface area contributed by atoms with Gasteiger partial charge < -0.3 is 10.0 Å². The van der Waals surface area contributed by atoms with Gasteiger partial charge in [-0.1, -0.05) is 0 Å². The highest BCUT2D eigenvalue weighted by molar-refractivity contribution is 5.81. The van der Waals surface area contributed by atoms with Gasteiger partial charge in [0, 0.05) is 7.05 Å². The largest absolute Gasteiger partial charge is 0.480 e. The lowest BCUT2D eigenvalue weighted by Crippen LogP contribution is -2.48. The first-order chi connectivity index (χ1) is 6.46. The number of hydrogen-bond acceptors (Lipinski definition) is 5. The van der Waals surface area contributed by atoms with E-state index in [0.717, 1.165) is 0 Å². The van der Waals surface area contributed by atoms with Gasteiger partial charge >= 0.3 is 5.97 Å². The van der Waals surface area contributed by atoms with Crippen LogP contribution in [0, 0.1) is 0 Å². The van der Waals surface area contributed by atoms with Gasteiger partial charge in [-0.2, -0.15) is 5.10 Å². The summed E-state index contributed by atoms with van der Waals surface area (Å²) in [6, 6.07) is 0. The Kier molecular flexibility index (Phi) is 2.64. The topological polar surface area (TPSA) is 79.2 Å². The minimum atomic E-state index is -1.05. The molecule has 0 spiro atoms. The van der Waals surface area contributed by atoms with Crippen molar-refractivity contribution < 1.29 is 9.90 Å². The molecule has 6 nitrogen and oxygen atoms in total. The average Bonchev–Trinajstić information content (AvgIpc) is 2.17. The number of nitrogens with zero attached hydrogens (tertiary/aromatic N) is 4. The van der Waals surface area contributed by atoms with Gasteiger partial charge in [0.05, 0.1) is 12.4 Å². The monoisotopic (exact) mass is 196 g/mol. The SMILES string of the molecule is CN(c1nccnn1)C(C)(C)C(=O)O. The smallest absolute Gasteiger partial charge is 0.329 e. The molecule has 76 valence electrons. The van der Waals surface area contributed by atoms with Crippen LogP contribution in [0.25, 0.3) is 0 Å². The number of carbonyl (C=O) groups is 1. The Morgan fingerprint density at radius 3 is 2.57 bits per heavy atom. The predicted octanol–water partition coefficient (Wildman–Crippen LogP) is 0.171. The van der Waals surface area contributed by atoms with Gasteiger partial charge in [0.15, 0.2) is 0 Å². The van der Waals surface area contributed by atoms with E-state index in [9.17, 15) is 4.79 Å². The summed E-state index contributed by atoms with van der Waals surface area (Å²) >= 11 is 0. The Morgan fingerprint density at radius 2 is 2.14 bits per heavy atom. The second-order valence-corrected chi connectivity index (χ2v) is 3.37. The zero-order valence-corrected chi connectivity index (χ0v) is 8.30. The average molecular weight is 196 g/mol. The van der Waals surface area contributed by atoms with E-state index >= 15 is 0 Å². The standard InChI is InChI=1S/C8H12N4O2/c1-8(2,6(13)14)12(3)7-9-4-5-10-11-7/h4-5H,1-3H3,(H,13,14). The molecule has 0 atom stereocenters. The Balaban J connectivity index is 2.96. The molecule has 0 aliphatic rings. The van der Waals surface area contributed by atoms with Crippen LogP contribution in [0.2, 0.25) is 0 Å². The number of aromatic nitrogens is 3. The van der Waals surface area contributed by atoms with Crippen LogP contribution in [0.4, 0.5) is 5.95 Å². The number of carboxylic acids is 1. The van der Waals surface area contributed by atoms with Crippen LogP contribution in [0.5, 0.6) is 0 Å².